The number of aryl methyl sites for hydroxylation is 1. The van der Waals surface area contributed by atoms with Crippen molar-refractivity contribution in [1.29, 1.82) is 0 Å². The Kier molecular flexibility index (Phi) is 4.18. The number of aromatic nitrogens is 2. The minimum absolute atomic E-state index is 0.133. The number of fused-ring (bicyclic) bond motifs is 1. The van der Waals surface area contributed by atoms with E-state index in [1.807, 2.05) is 24.3 Å². The molecule has 0 spiro atoms. The third-order valence-corrected chi connectivity index (χ3v) is 4.75. The van der Waals surface area contributed by atoms with Gasteiger partial charge in [-0.25, -0.2) is 9.78 Å². The fraction of sp³-hybridized carbons (Fsp3) is 0.118. The van der Waals surface area contributed by atoms with E-state index in [0.717, 1.165) is 16.9 Å². The van der Waals surface area contributed by atoms with E-state index in [0.29, 0.717) is 27.4 Å². The molecule has 2 N–H and O–H groups in total. The summed E-state index contributed by atoms with van der Waals surface area (Å²) in [6, 6.07) is 7.46. The lowest BCUT2D eigenvalue weighted by molar-refractivity contribution is 0.0701. The maximum atomic E-state index is 12.3. The van der Waals surface area contributed by atoms with Crippen LogP contribution in [0.25, 0.3) is 22.4 Å². The molecule has 2 aromatic heterocycles. The van der Waals surface area contributed by atoms with E-state index < -0.39 is 5.97 Å². The molecule has 0 bridgehead atoms. The van der Waals surface area contributed by atoms with Crippen molar-refractivity contribution in [3.05, 3.63) is 56.4 Å². The molecule has 122 valence electrons. The van der Waals surface area contributed by atoms with Crippen LogP contribution in [0.3, 0.4) is 0 Å². The highest BCUT2D eigenvalue weighted by molar-refractivity contribution is 7.20. The van der Waals surface area contributed by atoms with Crippen LogP contribution in [0.5, 0.6) is 5.75 Å². The average molecular weight is 342 g/mol. The molecule has 0 fully saturated rings. The molecule has 0 aliphatic carbocycles. The lowest BCUT2D eigenvalue weighted by Gasteiger charge is -2.03. The summed E-state index contributed by atoms with van der Waals surface area (Å²) in [5, 5.41) is 9.50. The van der Waals surface area contributed by atoms with Gasteiger partial charge >= 0.3 is 5.97 Å². The minimum atomic E-state index is -1.05. The Morgan fingerprint density at radius 2 is 2.08 bits per heavy atom. The number of hydrogen-bond acceptors (Lipinski definition) is 5. The van der Waals surface area contributed by atoms with Crippen molar-refractivity contribution in [2.75, 3.05) is 7.11 Å². The monoisotopic (exact) mass is 342 g/mol. The van der Waals surface area contributed by atoms with Crippen LogP contribution in [-0.4, -0.2) is 28.2 Å². The van der Waals surface area contributed by atoms with E-state index in [-0.39, 0.29) is 10.4 Å². The normalized spacial score (nSPS) is 11.2. The number of H-pyrrole nitrogens is 1. The molecule has 6 nitrogen and oxygen atoms in total. The molecule has 0 aliphatic rings. The molecule has 0 unspecified atom stereocenters. The van der Waals surface area contributed by atoms with Gasteiger partial charge in [-0.2, -0.15) is 0 Å². The van der Waals surface area contributed by atoms with Crippen LogP contribution < -0.4 is 10.3 Å². The summed E-state index contributed by atoms with van der Waals surface area (Å²) in [5.41, 5.74) is 0.939. The van der Waals surface area contributed by atoms with Gasteiger partial charge < -0.3 is 14.8 Å². The fourth-order valence-electron chi connectivity index (χ4n) is 2.42. The van der Waals surface area contributed by atoms with Crippen molar-refractivity contribution in [1.82, 2.24) is 9.97 Å². The maximum absolute atomic E-state index is 12.3. The van der Waals surface area contributed by atoms with Gasteiger partial charge in [0.25, 0.3) is 5.56 Å². The number of ether oxygens (including phenoxy) is 1. The van der Waals surface area contributed by atoms with Crippen LogP contribution in [0, 0.1) is 6.92 Å². The third kappa shape index (κ3) is 2.81. The Bertz CT molecular complexity index is 1020. The van der Waals surface area contributed by atoms with Crippen LogP contribution in [0.4, 0.5) is 0 Å². The summed E-state index contributed by atoms with van der Waals surface area (Å²) < 4.78 is 5.27. The van der Waals surface area contributed by atoms with Gasteiger partial charge in [-0.15, -0.1) is 11.3 Å². The van der Waals surface area contributed by atoms with Crippen molar-refractivity contribution in [3.8, 4) is 5.75 Å². The predicted octanol–water partition coefficient (Wildman–Crippen LogP) is 3.17. The van der Waals surface area contributed by atoms with Crippen molar-refractivity contribution >= 4 is 39.7 Å². The molecule has 1 aromatic carbocycles. The number of nitrogens with zero attached hydrogens (tertiary/aromatic N) is 1. The summed E-state index contributed by atoms with van der Waals surface area (Å²) in [6.07, 6.45) is 3.44. The Hall–Kier alpha value is -2.93. The predicted molar refractivity (Wildman–Crippen MR) is 93.9 cm³/mol. The van der Waals surface area contributed by atoms with Crippen molar-refractivity contribution in [3.63, 3.8) is 0 Å². The van der Waals surface area contributed by atoms with E-state index in [1.165, 1.54) is 0 Å². The number of methoxy groups -OCH3 is 1. The number of nitrogens with one attached hydrogen (secondary N) is 1. The van der Waals surface area contributed by atoms with E-state index >= 15 is 0 Å². The maximum Gasteiger partial charge on any atom is 0.346 e. The lowest BCUT2D eigenvalue weighted by atomic mass is 10.2. The number of carbonyl (C=O) groups is 1. The first kappa shape index (κ1) is 15.9. The number of benzene rings is 1. The molecule has 0 radical (unpaired) electrons. The van der Waals surface area contributed by atoms with Gasteiger partial charge in [-0.3, -0.25) is 4.79 Å². The highest BCUT2D eigenvalue weighted by Crippen LogP contribution is 2.27. The largest absolute Gasteiger partial charge is 0.496 e. The number of hydrogen-bond donors (Lipinski definition) is 2. The Morgan fingerprint density at radius 3 is 2.79 bits per heavy atom. The molecule has 0 atom stereocenters. The Morgan fingerprint density at radius 1 is 1.33 bits per heavy atom. The molecule has 24 heavy (non-hydrogen) atoms. The number of thiophene rings is 1. The summed E-state index contributed by atoms with van der Waals surface area (Å²) in [6.45, 7) is 1.61. The number of aromatic amines is 1. The van der Waals surface area contributed by atoms with Gasteiger partial charge in [0, 0.05) is 5.56 Å². The van der Waals surface area contributed by atoms with Gasteiger partial charge in [-0.1, -0.05) is 18.2 Å². The molecule has 3 rings (SSSR count). The van der Waals surface area contributed by atoms with Crippen molar-refractivity contribution in [2.45, 2.75) is 6.92 Å². The van der Waals surface area contributed by atoms with Crippen LogP contribution in [0.2, 0.25) is 0 Å². The number of rotatable bonds is 4. The van der Waals surface area contributed by atoms with Crippen molar-refractivity contribution in [2.24, 2.45) is 0 Å². The number of aromatic carboxylic acids is 1. The first-order chi connectivity index (χ1) is 11.5. The molecule has 2 heterocycles. The number of carboxylic acid groups (broad SMARTS) is 1. The Balaban J connectivity index is 2.07. The topological polar surface area (TPSA) is 92.3 Å². The van der Waals surface area contributed by atoms with Gasteiger partial charge in [0.2, 0.25) is 0 Å². The Labute approximate surface area is 141 Å². The molecule has 0 saturated heterocycles. The number of carboxylic acids is 1. The summed E-state index contributed by atoms with van der Waals surface area (Å²) in [5.74, 6) is 0.00918. The quantitative estimate of drug-likeness (QED) is 0.760. The molecule has 0 aliphatic heterocycles. The van der Waals surface area contributed by atoms with Crippen molar-refractivity contribution < 1.29 is 14.6 Å². The van der Waals surface area contributed by atoms with E-state index in [9.17, 15) is 14.7 Å². The SMILES string of the molecule is COc1ccccc1/C=C/c1nc2sc(C(=O)O)c(C)c2c(=O)[nH]1. The third-order valence-electron chi connectivity index (χ3n) is 3.57. The van der Waals surface area contributed by atoms with Gasteiger partial charge in [0.1, 0.15) is 21.3 Å². The minimum Gasteiger partial charge on any atom is -0.496 e. The first-order valence-corrected chi connectivity index (χ1v) is 7.90. The van der Waals surface area contributed by atoms with Crippen LogP contribution >= 0.6 is 11.3 Å². The summed E-state index contributed by atoms with van der Waals surface area (Å²) in [4.78, 5) is 31.0. The second-order valence-corrected chi connectivity index (χ2v) is 6.07. The molecular formula is C17H14N2O4S. The van der Waals surface area contributed by atoms with E-state index in [1.54, 1.807) is 26.2 Å². The molecule has 0 saturated carbocycles. The van der Waals surface area contributed by atoms with Crippen LogP contribution in [-0.2, 0) is 0 Å². The summed E-state index contributed by atoms with van der Waals surface area (Å²) in [7, 11) is 1.58. The standard InChI is InChI=1S/C17H14N2O4S/c1-9-13-15(20)18-12(19-16(13)24-14(9)17(21)22)8-7-10-5-3-4-6-11(10)23-2/h3-8H,1-2H3,(H,21,22)(H,18,19,20)/b8-7+. The lowest BCUT2D eigenvalue weighted by Crippen LogP contribution is -2.09. The molecular weight excluding hydrogens is 328 g/mol. The number of para-hydroxylation sites is 1. The fourth-order valence-corrected chi connectivity index (χ4v) is 3.44. The van der Waals surface area contributed by atoms with Crippen LogP contribution in [0.1, 0.15) is 26.6 Å². The molecule has 0 amide bonds. The zero-order valence-electron chi connectivity index (χ0n) is 13.0. The van der Waals surface area contributed by atoms with Gasteiger partial charge in [0.05, 0.1) is 12.5 Å². The smallest absolute Gasteiger partial charge is 0.346 e. The van der Waals surface area contributed by atoms with E-state index in [4.69, 9.17) is 4.74 Å². The zero-order chi connectivity index (χ0) is 17.3. The highest BCUT2D eigenvalue weighted by Gasteiger charge is 2.18. The summed E-state index contributed by atoms with van der Waals surface area (Å²) >= 11 is 1.00. The molecule has 7 heteroatoms. The van der Waals surface area contributed by atoms with Crippen LogP contribution in [0.15, 0.2) is 29.1 Å². The first-order valence-electron chi connectivity index (χ1n) is 7.09. The molecule has 3 aromatic rings. The van der Waals surface area contributed by atoms with Gasteiger partial charge in [0.15, 0.2) is 0 Å². The van der Waals surface area contributed by atoms with Gasteiger partial charge in [-0.05, 0) is 30.7 Å². The highest BCUT2D eigenvalue weighted by atomic mass is 32.1. The second-order valence-electron chi connectivity index (χ2n) is 5.07. The average Bonchev–Trinajstić information content (AvgIpc) is 2.90. The zero-order valence-corrected chi connectivity index (χ0v) is 13.8. The van der Waals surface area contributed by atoms with E-state index in [2.05, 4.69) is 9.97 Å². The second kappa shape index (κ2) is 6.29.